The van der Waals surface area contributed by atoms with E-state index in [1.54, 1.807) is 32.0 Å². The van der Waals surface area contributed by atoms with Gasteiger partial charge in [-0.15, -0.1) is 0 Å². The summed E-state index contributed by atoms with van der Waals surface area (Å²) in [5.74, 6) is -1.42. The molecule has 1 heterocycles. The molecule has 7 heteroatoms. The Morgan fingerprint density at radius 1 is 1.27 bits per heavy atom. The number of benzene rings is 1. The van der Waals surface area contributed by atoms with E-state index in [0.717, 1.165) is 5.56 Å². The summed E-state index contributed by atoms with van der Waals surface area (Å²) >= 11 is 6.02. The highest BCUT2D eigenvalue weighted by atomic mass is 35.5. The highest BCUT2D eigenvalue weighted by Gasteiger charge is 2.22. The lowest BCUT2D eigenvalue weighted by molar-refractivity contribution is -0.129. The molecule has 0 aliphatic heterocycles. The number of amides is 1. The molecule has 2 rings (SSSR count). The van der Waals surface area contributed by atoms with Crippen molar-refractivity contribution in [1.29, 1.82) is 0 Å². The van der Waals surface area contributed by atoms with Crippen LogP contribution in [0, 0.1) is 19.7 Å². The molecule has 0 radical (unpaired) electrons. The molecule has 2 aromatic rings. The lowest BCUT2D eigenvalue weighted by atomic mass is 10.1. The van der Waals surface area contributed by atoms with Crippen molar-refractivity contribution < 1.29 is 18.7 Å². The number of carbonyl (C=O) groups excluding carboxylic acids is 2. The first-order valence-electron chi connectivity index (χ1n) is 8.15. The maximum atomic E-state index is 12.9. The van der Waals surface area contributed by atoms with Crippen LogP contribution in [-0.4, -0.2) is 29.5 Å². The van der Waals surface area contributed by atoms with Crippen LogP contribution in [0.25, 0.3) is 0 Å². The lowest BCUT2D eigenvalue weighted by Gasteiger charge is -2.15. The van der Waals surface area contributed by atoms with Crippen LogP contribution in [0.15, 0.2) is 30.3 Å². The number of aryl methyl sites for hydroxylation is 2. The van der Waals surface area contributed by atoms with Gasteiger partial charge in [0.2, 0.25) is 0 Å². The molecule has 0 spiro atoms. The second kappa shape index (κ2) is 8.76. The number of hydrogen-bond acceptors (Lipinski definition) is 4. The Bertz CT molecular complexity index is 786. The fourth-order valence-electron chi connectivity index (χ4n) is 2.43. The molecule has 138 valence electrons. The standard InChI is InChI=1S/C19H20ClFN2O3/c1-11-10-12(2)23-17(20)16(11)19(25)26-13(3)18(24)22-9-8-14-4-6-15(21)7-5-14/h4-7,10,13H,8-9H2,1-3H3,(H,22,24)/t13-/m0/s1. The van der Waals surface area contributed by atoms with Crippen LogP contribution in [0.5, 0.6) is 0 Å². The van der Waals surface area contributed by atoms with Gasteiger partial charge < -0.3 is 10.1 Å². The van der Waals surface area contributed by atoms with E-state index in [1.165, 1.54) is 19.1 Å². The van der Waals surface area contributed by atoms with Gasteiger partial charge in [0, 0.05) is 12.2 Å². The van der Waals surface area contributed by atoms with Crippen molar-refractivity contribution in [1.82, 2.24) is 10.3 Å². The van der Waals surface area contributed by atoms with Gasteiger partial charge >= 0.3 is 5.97 Å². The normalized spacial score (nSPS) is 11.7. The predicted octanol–water partition coefficient (Wildman–Crippen LogP) is 3.40. The molecule has 26 heavy (non-hydrogen) atoms. The number of pyridine rings is 1. The summed E-state index contributed by atoms with van der Waals surface area (Å²) in [4.78, 5) is 28.4. The van der Waals surface area contributed by atoms with Gasteiger partial charge in [0.25, 0.3) is 5.91 Å². The lowest BCUT2D eigenvalue weighted by Crippen LogP contribution is -2.37. The van der Waals surface area contributed by atoms with Crippen LogP contribution in [-0.2, 0) is 16.0 Å². The molecule has 1 N–H and O–H groups in total. The molecule has 0 saturated heterocycles. The van der Waals surface area contributed by atoms with Crippen molar-refractivity contribution in [3.63, 3.8) is 0 Å². The minimum Gasteiger partial charge on any atom is -0.449 e. The quantitative estimate of drug-likeness (QED) is 0.618. The molecule has 0 saturated carbocycles. The first kappa shape index (κ1) is 19.8. The van der Waals surface area contributed by atoms with Gasteiger partial charge in [0.15, 0.2) is 6.10 Å². The van der Waals surface area contributed by atoms with Gasteiger partial charge in [-0.1, -0.05) is 23.7 Å². The van der Waals surface area contributed by atoms with Crippen LogP contribution in [0.3, 0.4) is 0 Å². The Hall–Kier alpha value is -2.47. The highest BCUT2D eigenvalue weighted by Crippen LogP contribution is 2.20. The average Bonchev–Trinajstić information content (AvgIpc) is 2.55. The van der Waals surface area contributed by atoms with Crippen molar-refractivity contribution in [2.75, 3.05) is 6.54 Å². The van der Waals surface area contributed by atoms with Crippen molar-refractivity contribution in [3.8, 4) is 0 Å². The van der Waals surface area contributed by atoms with E-state index < -0.39 is 18.0 Å². The number of esters is 1. The van der Waals surface area contributed by atoms with Gasteiger partial charge in [-0.2, -0.15) is 0 Å². The number of halogens is 2. The summed E-state index contributed by atoms with van der Waals surface area (Å²) in [7, 11) is 0. The van der Waals surface area contributed by atoms with Gasteiger partial charge in [-0.3, -0.25) is 4.79 Å². The van der Waals surface area contributed by atoms with Gasteiger partial charge in [-0.25, -0.2) is 14.2 Å². The Labute approximate surface area is 156 Å². The third kappa shape index (κ3) is 5.26. The maximum absolute atomic E-state index is 12.9. The number of ether oxygens (including phenoxy) is 1. The molecule has 0 bridgehead atoms. The van der Waals surface area contributed by atoms with E-state index in [0.29, 0.717) is 24.2 Å². The first-order chi connectivity index (χ1) is 12.3. The monoisotopic (exact) mass is 378 g/mol. The van der Waals surface area contributed by atoms with Gasteiger partial charge in [-0.05, 0) is 56.5 Å². The third-order valence-electron chi connectivity index (χ3n) is 3.78. The molecule has 0 aliphatic carbocycles. The molecule has 1 aromatic carbocycles. The molecule has 1 amide bonds. The summed E-state index contributed by atoms with van der Waals surface area (Å²) in [6, 6.07) is 7.75. The van der Waals surface area contributed by atoms with Crippen molar-refractivity contribution in [2.24, 2.45) is 0 Å². The molecule has 1 atom stereocenters. The highest BCUT2D eigenvalue weighted by molar-refractivity contribution is 6.32. The summed E-state index contributed by atoms with van der Waals surface area (Å²) < 4.78 is 18.0. The number of carbonyl (C=O) groups is 2. The second-order valence-corrected chi connectivity index (χ2v) is 6.32. The SMILES string of the molecule is Cc1cc(C)c(C(=O)O[C@@H](C)C(=O)NCCc2ccc(F)cc2)c(Cl)n1. The summed E-state index contributed by atoms with van der Waals surface area (Å²) in [6.07, 6.45) is -0.438. The second-order valence-electron chi connectivity index (χ2n) is 5.96. The van der Waals surface area contributed by atoms with Crippen LogP contribution < -0.4 is 5.32 Å². The molecular formula is C19H20ClFN2O3. The topological polar surface area (TPSA) is 68.3 Å². The average molecular weight is 379 g/mol. The molecule has 5 nitrogen and oxygen atoms in total. The number of nitrogens with one attached hydrogen (secondary N) is 1. The number of hydrogen-bond donors (Lipinski definition) is 1. The van der Waals surface area contributed by atoms with Crippen molar-refractivity contribution >= 4 is 23.5 Å². The van der Waals surface area contributed by atoms with Crippen molar-refractivity contribution in [3.05, 3.63) is 63.7 Å². The zero-order chi connectivity index (χ0) is 19.3. The van der Waals surface area contributed by atoms with Crippen LogP contribution >= 0.6 is 11.6 Å². The first-order valence-corrected chi connectivity index (χ1v) is 8.52. The van der Waals surface area contributed by atoms with E-state index in [1.807, 2.05) is 0 Å². The molecule has 0 unspecified atom stereocenters. The maximum Gasteiger partial charge on any atom is 0.342 e. The third-order valence-corrected chi connectivity index (χ3v) is 4.06. The van der Waals surface area contributed by atoms with E-state index in [4.69, 9.17) is 16.3 Å². The van der Waals surface area contributed by atoms with Crippen LogP contribution in [0.2, 0.25) is 5.15 Å². The zero-order valence-electron chi connectivity index (χ0n) is 14.8. The predicted molar refractivity (Wildman–Crippen MR) is 96.7 cm³/mol. The molecule has 0 aliphatic rings. The summed E-state index contributed by atoms with van der Waals surface area (Å²) in [5.41, 5.74) is 2.37. The van der Waals surface area contributed by atoms with E-state index >= 15 is 0 Å². The smallest absolute Gasteiger partial charge is 0.342 e. The minimum atomic E-state index is -0.979. The van der Waals surface area contributed by atoms with Crippen LogP contribution in [0.1, 0.15) is 34.1 Å². The minimum absolute atomic E-state index is 0.0522. The Morgan fingerprint density at radius 3 is 2.54 bits per heavy atom. The van der Waals surface area contributed by atoms with Crippen LogP contribution in [0.4, 0.5) is 4.39 Å². The fourth-order valence-corrected chi connectivity index (χ4v) is 2.79. The summed E-state index contributed by atoms with van der Waals surface area (Å²) in [5, 5.41) is 2.73. The zero-order valence-corrected chi connectivity index (χ0v) is 15.6. The Balaban J connectivity index is 1.88. The van der Waals surface area contributed by atoms with E-state index in [-0.39, 0.29) is 16.5 Å². The fraction of sp³-hybridized carbons (Fsp3) is 0.316. The Morgan fingerprint density at radius 2 is 1.92 bits per heavy atom. The Kier molecular flexibility index (Phi) is 6.69. The van der Waals surface area contributed by atoms with Gasteiger partial charge in [0.1, 0.15) is 11.0 Å². The number of aromatic nitrogens is 1. The molecular weight excluding hydrogens is 359 g/mol. The van der Waals surface area contributed by atoms with Crippen molar-refractivity contribution in [2.45, 2.75) is 33.3 Å². The molecule has 1 aromatic heterocycles. The van der Waals surface area contributed by atoms with E-state index in [2.05, 4.69) is 10.3 Å². The number of rotatable bonds is 6. The largest absolute Gasteiger partial charge is 0.449 e. The van der Waals surface area contributed by atoms with E-state index in [9.17, 15) is 14.0 Å². The van der Waals surface area contributed by atoms with Gasteiger partial charge in [0.05, 0.1) is 5.56 Å². The summed E-state index contributed by atoms with van der Waals surface area (Å²) in [6.45, 7) is 5.32. The molecule has 0 fully saturated rings. The number of nitrogens with zero attached hydrogens (tertiary/aromatic N) is 1.